The molecule has 0 radical (unpaired) electrons. The van der Waals surface area contributed by atoms with E-state index in [2.05, 4.69) is 29.6 Å². The molecule has 29 heavy (non-hydrogen) atoms. The second-order valence-corrected chi connectivity index (χ2v) is 8.64. The summed E-state index contributed by atoms with van der Waals surface area (Å²) in [5, 5.41) is 13.3. The Kier molecular flexibility index (Phi) is 5.86. The van der Waals surface area contributed by atoms with Crippen LogP contribution < -0.4 is 15.1 Å². The number of nitrogens with one attached hydrogen (secondary N) is 3. The molecule has 0 aliphatic carbocycles. The molecule has 1 aliphatic rings. The number of piperazine rings is 1. The second kappa shape index (κ2) is 8.70. The molecule has 2 heterocycles. The van der Waals surface area contributed by atoms with Crippen LogP contribution in [0.5, 0.6) is 0 Å². The lowest BCUT2D eigenvalue weighted by Gasteiger charge is -2.32. The molecule has 4 rings (SSSR count). The van der Waals surface area contributed by atoms with E-state index in [1.807, 2.05) is 19.1 Å². The van der Waals surface area contributed by atoms with Crippen LogP contribution >= 0.6 is 11.3 Å². The highest BCUT2D eigenvalue weighted by Gasteiger charge is 2.31. The zero-order chi connectivity index (χ0) is 20.2. The van der Waals surface area contributed by atoms with E-state index >= 15 is 0 Å². The number of carbonyl (C=O) groups excluding carboxylic acids is 1. The van der Waals surface area contributed by atoms with E-state index in [0.717, 1.165) is 38.2 Å². The molecule has 6 nitrogen and oxygen atoms in total. The number of anilines is 1. The van der Waals surface area contributed by atoms with Crippen LogP contribution in [0, 0.1) is 11.3 Å². The summed E-state index contributed by atoms with van der Waals surface area (Å²) >= 11 is 1.78. The van der Waals surface area contributed by atoms with Gasteiger partial charge in [-0.05, 0) is 31.2 Å². The molecular weight excluding hydrogens is 382 g/mol. The van der Waals surface area contributed by atoms with Gasteiger partial charge >= 0.3 is 0 Å². The lowest BCUT2D eigenvalue weighted by Crippen LogP contribution is -3.29. The van der Waals surface area contributed by atoms with Gasteiger partial charge in [0.25, 0.3) is 5.91 Å². The first-order chi connectivity index (χ1) is 14.1. The van der Waals surface area contributed by atoms with Gasteiger partial charge in [-0.15, -0.1) is 11.3 Å². The number of nitrogens with zero attached hydrogens (tertiary/aromatic N) is 2. The van der Waals surface area contributed by atoms with Gasteiger partial charge in [-0.25, -0.2) is 4.98 Å². The van der Waals surface area contributed by atoms with Gasteiger partial charge in [0.05, 0.1) is 21.5 Å². The standard InChI is InChI=1S/C22H23N5OS/c1-16(22(28)25-18-7-3-2-6-17(18)14-23)27-12-10-26(11-13-27)15-21-24-19-8-4-5-9-20(19)29-21/h2-9,16H,10-13,15H2,1H3,(H,25,28)/p+2/t16-/m0/s1. The molecule has 1 amide bonds. The number of quaternary nitrogens is 2. The van der Waals surface area contributed by atoms with Crippen molar-refractivity contribution in [2.45, 2.75) is 19.5 Å². The number of benzene rings is 2. The number of thiazole rings is 1. The first kappa shape index (κ1) is 19.5. The fraction of sp³-hybridized carbons (Fsp3) is 0.318. The number of nitriles is 1. The zero-order valence-corrected chi connectivity index (χ0v) is 17.3. The fourth-order valence-electron chi connectivity index (χ4n) is 3.86. The van der Waals surface area contributed by atoms with Crippen LogP contribution in [-0.4, -0.2) is 43.1 Å². The second-order valence-electron chi connectivity index (χ2n) is 7.53. The molecular formula is C22H25N5OS+2. The Morgan fingerprint density at radius 2 is 1.90 bits per heavy atom. The zero-order valence-electron chi connectivity index (χ0n) is 16.4. The maximum atomic E-state index is 12.7. The summed E-state index contributed by atoms with van der Waals surface area (Å²) in [4.78, 5) is 20.3. The van der Waals surface area contributed by atoms with Gasteiger partial charge < -0.3 is 15.1 Å². The van der Waals surface area contributed by atoms with Crippen molar-refractivity contribution < 1.29 is 14.6 Å². The predicted octanol–water partition coefficient (Wildman–Crippen LogP) is 0.479. The summed E-state index contributed by atoms with van der Waals surface area (Å²) in [5.41, 5.74) is 2.17. The Morgan fingerprint density at radius 3 is 2.66 bits per heavy atom. The Morgan fingerprint density at radius 1 is 1.17 bits per heavy atom. The maximum Gasteiger partial charge on any atom is 0.282 e. The fourth-order valence-corrected chi connectivity index (χ4v) is 4.90. The molecule has 3 N–H and O–H groups in total. The molecule has 3 aromatic rings. The van der Waals surface area contributed by atoms with Crippen molar-refractivity contribution in [3.63, 3.8) is 0 Å². The molecule has 7 heteroatoms. The lowest BCUT2D eigenvalue weighted by molar-refractivity contribution is -1.02. The van der Waals surface area contributed by atoms with Crippen molar-refractivity contribution in [3.05, 3.63) is 59.1 Å². The van der Waals surface area contributed by atoms with Crippen LogP contribution in [-0.2, 0) is 11.3 Å². The van der Waals surface area contributed by atoms with Crippen LogP contribution in [0.2, 0.25) is 0 Å². The Labute approximate surface area is 174 Å². The normalized spacial score (nSPS) is 20.1. The van der Waals surface area contributed by atoms with E-state index in [1.165, 1.54) is 19.5 Å². The third-order valence-corrected chi connectivity index (χ3v) is 6.69. The van der Waals surface area contributed by atoms with Gasteiger partial charge in [0.15, 0.2) is 6.04 Å². The van der Waals surface area contributed by atoms with Crippen LogP contribution in [0.4, 0.5) is 5.69 Å². The van der Waals surface area contributed by atoms with Crippen molar-refractivity contribution in [1.82, 2.24) is 4.98 Å². The van der Waals surface area contributed by atoms with Crippen molar-refractivity contribution in [3.8, 4) is 6.07 Å². The average molecular weight is 408 g/mol. The van der Waals surface area contributed by atoms with E-state index in [1.54, 1.807) is 29.5 Å². The highest BCUT2D eigenvalue weighted by atomic mass is 32.1. The number of aromatic nitrogens is 1. The monoisotopic (exact) mass is 407 g/mol. The third kappa shape index (κ3) is 4.46. The molecule has 1 atom stereocenters. The molecule has 0 unspecified atom stereocenters. The topological polar surface area (TPSA) is 74.7 Å². The SMILES string of the molecule is C[C@@H](C(=O)Nc1ccccc1C#N)[NH+]1CC[NH+](Cc2nc3ccccc3s2)CC1. The highest BCUT2D eigenvalue weighted by molar-refractivity contribution is 7.18. The number of amides is 1. The molecule has 1 aliphatic heterocycles. The summed E-state index contributed by atoms with van der Waals surface area (Å²) < 4.78 is 1.24. The Hall–Kier alpha value is -2.79. The van der Waals surface area contributed by atoms with Crippen LogP contribution in [0.1, 0.15) is 17.5 Å². The third-order valence-electron chi connectivity index (χ3n) is 5.65. The summed E-state index contributed by atoms with van der Waals surface area (Å²) in [7, 11) is 0. The molecule has 1 saturated heterocycles. The molecule has 1 fully saturated rings. The first-order valence-electron chi connectivity index (χ1n) is 9.96. The van der Waals surface area contributed by atoms with E-state index < -0.39 is 0 Å². The Balaban J connectivity index is 1.31. The van der Waals surface area contributed by atoms with Crippen molar-refractivity contribution >= 4 is 33.1 Å². The number of fused-ring (bicyclic) bond motifs is 1. The molecule has 0 saturated carbocycles. The van der Waals surface area contributed by atoms with Gasteiger partial charge in [-0.3, -0.25) is 4.79 Å². The number of rotatable bonds is 5. The van der Waals surface area contributed by atoms with Gasteiger partial charge in [-0.1, -0.05) is 24.3 Å². The van der Waals surface area contributed by atoms with Crippen LogP contribution in [0.3, 0.4) is 0 Å². The average Bonchev–Trinajstić information content (AvgIpc) is 3.16. The smallest absolute Gasteiger partial charge is 0.282 e. The van der Waals surface area contributed by atoms with Gasteiger partial charge in [0.1, 0.15) is 43.8 Å². The van der Waals surface area contributed by atoms with Gasteiger partial charge in [0.2, 0.25) is 0 Å². The van der Waals surface area contributed by atoms with Crippen molar-refractivity contribution in [2.75, 3.05) is 31.5 Å². The highest BCUT2D eigenvalue weighted by Crippen LogP contribution is 2.20. The predicted molar refractivity (Wildman–Crippen MR) is 114 cm³/mol. The minimum absolute atomic E-state index is 0.0303. The van der Waals surface area contributed by atoms with E-state index in [-0.39, 0.29) is 11.9 Å². The van der Waals surface area contributed by atoms with E-state index in [4.69, 9.17) is 4.98 Å². The quantitative estimate of drug-likeness (QED) is 0.576. The molecule has 0 spiro atoms. The first-order valence-corrected chi connectivity index (χ1v) is 10.8. The minimum Gasteiger partial charge on any atom is -0.320 e. The summed E-state index contributed by atoms with van der Waals surface area (Å²) in [6.45, 7) is 6.87. The summed E-state index contributed by atoms with van der Waals surface area (Å²) in [6, 6.07) is 17.4. The molecule has 0 bridgehead atoms. The van der Waals surface area contributed by atoms with Crippen molar-refractivity contribution in [2.24, 2.45) is 0 Å². The van der Waals surface area contributed by atoms with Gasteiger partial charge in [0, 0.05) is 0 Å². The van der Waals surface area contributed by atoms with Crippen molar-refractivity contribution in [1.29, 1.82) is 5.26 Å². The van der Waals surface area contributed by atoms with E-state index in [9.17, 15) is 10.1 Å². The van der Waals surface area contributed by atoms with Gasteiger partial charge in [-0.2, -0.15) is 5.26 Å². The number of hydrogen-bond donors (Lipinski definition) is 3. The number of carbonyl (C=O) groups is 1. The lowest BCUT2D eigenvalue weighted by atomic mass is 10.1. The maximum absolute atomic E-state index is 12.7. The number of hydrogen-bond acceptors (Lipinski definition) is 4. The van der Waals surface area contributed by atoms with Crippen LogP contribution in [0.25, 0.3) is 10.2 Å². The molecule has 2 aromatic carbocycles. The minimum atomic E-state index is -0.147. The molecule has 1 aromatic heterocycles. The largest absolute Gasteiger partial charge is 0.320 e. The molecule has 148 valence electrons. The summed E-state index contributed by atoms with van der Waals surface area (Å²) in [5.74, 6) is -0.0303. The number of para-hydroxylation sites is 2. The Bertz CT molecular complexity index is 1020. The van der Waals surface area contributed by atoms with E-state index in [0.29, 0.717) is 11.3 Å². The van der Waals surface area contributed by atoms with Crippen LogP contribution in [0.15, 0.2) is 48.5 Å². The summed E-state index contributed by atoms with van der Waals surface area (Å²) in [6.07, 6.45) is 0.